The van der Waals surface area contributed by atoms with Crippen molar-refractivity contribution in [2.45, 2.75) is 26.7 Å². The number of benzene rings is 1. The molecule has 5 nitrogen and oxygen atoms in total. The summed E-state index contributed by atoms with van der Waals surface area (Å²) >= 11 is 6.07. The Balaban J connectivity index is 2.63. The van der Waals surface area contributed by atoms with Gasteiger partial charge in [-0.25, -0.2) is 9.07 Å². The minimum atomic E-state index is -0.532. The van der Waals surface area contributed by atoms with E-state index in [0.29, 0.717) is 23.4 Å². The molecule has 0 N–H and O–H groups in total. The summed E-state index contributed by atoms with van der Waals surface area (Å²) in [6.45, 7) is 3.60. The summed E-state index contributed by atoms with van der Waals surface area (Å²) in [5.41, 5.74) is 1.29. The summed E-state index contributed by atoms with van der Waals surface area (Å²) < 4.78 is 14.4. The van der Waals surface area contributed by atoms with Gasteiger partial charge < -0.3 is 0 Å². The fraction of sp³-hybridized carbons (Fsp3) is 0.308. The number of halogens is 2. The molecule has 0 radical (unpaired) electrons. The monoisotopic (exact) mass is 297 g/mol. The molecular formula is C13H13ClFN3O2. The zero-order valence-electron chi connectivity index (χ0n) is 11.1. The fourth-order valence-corrected chi connectivity index (χ4v) is 2.34. The van der Waals surface area contributed by atoms with Crippen LogP contribution in [0, 0.1) is 22.9 Å². The van der Waals surface area contributed by atoms with Crippen LogP contribution in [0.2, 0.25) is 5.15 Å². The Morgan fingerprint density at radius 3 is 2.75 bits per heavy atom. The molecule has 2 rings (SSSR count). The van der Waals surface area contributed by atoms with E-state index in [4.69, 9.17) is 11.6 Å². The number of aromatic nitrogens is 2. The van der Waals surface area contributed by atoms with E-state index < -0.39 is 4.92 Å². The van der Waals surface area contributed by atoms with E-state index in [2.05, 4.69) is 5.10 Å². The lowest BCUT2D eigenvalue weighted by Crippen LogP contribution is -2.00. The highest BCUT2D eigenvalue weighted by molar-refractivity contribution is 6.32. The minimum Gasteiger partial charge on any atom is -0.258 e. The summed E-state index contributed by atoms with van der Waals surface area (Å²) in [6, 6.07) is 4.10. The average molecular weight is 298 g/mol. The van der Waals surface area contributed by atoms with E-state index in [1.807, 2.05) is 6.92 Å². The predicted molar refractivity (Wildman–Crippen MR) is 73.9 cm³/mol. The Bertz CT molecular complexity index is 670. The molecule has 1 heterocycles. The largest absolute Gasteiger partial charge is 0.329 e. The molecule has 0 unspecified atom stereocenters. The standard InChI is InChI=1S/C13H13ClFN3O2/c1-3-4-10-12(18(19)20)13(14)17(16-10)11-6-5-9(15)7-8(11)2/h5-7H,3-4H2,1-2H3. The summed E-state index contributed by atoms with van der Waals surface area (Å²) in [5, 5.41) is 15.2. The first-order valence-corrected chi connectivity index (χ1v) is 6.51. The first kappa shape index (κ1) is 14.5. The molecule has 0 aliphatic heterocycles. The topological polar surface area (TPSA) is 61.0 Å². The molecule has 20 heavy (non-hydrogen) atoms. The lowest BCUT2D eigenvalue weighted by atomic mass is 10.2. The van der Waals surface area contributed by atoms with Crippen molar-refractivity contribution >= 4 is 17.3 Å². The third-order valence-electron chi connectivity index (χ3n) is 2.93. The second kappa shape index (κ2) is 5.58. The van der Waals surface area contributed by atoms with Crippen LogP contribution in [-0.4, -0.2) is 14.7 Å². The maximum absolute atomic E-state index is 13.1. The molecule has 7 heteroatoms. The van der Waals surface area contributed by atoms with Crippen LogP contribution >= 0.6 is 11.6 Å². The van der Waals surface area contributed by atoms with Crippen molar-refractivity contribution in [2.24, 2.45) is 0 Å². The van der Waals surface area contributed by atoms with Crippen molar-refractivity contribution < 1.29 is 9.31 Å². The van der Waals surface area contributed by atoms with Crippen LogP contribution < -0.4 is 0 Å². The highest BCUT2D eigenvalue weighted by atomic mass is 35.5. The fourth-order valence-electron chi connectivity index (χ4n) is 2.03. The van der Waals surface area contributed by atoms with Crippen molar-refractivity contribution in [3.05, 3.63) is 50.5 Å². The summed E-state index contributed by atoms with van der Waals surface area (Å²) in [4.78, 5) is 10.6. The number of rotatable bonds is 4. The lowest BCUT2D eigenvalue weighted by Gasteiger charge is -2.06. The van der Waals surface area contributed by atoms with E-state index >= 15 is 0 Å². The first-order valence-electron chi connectivity index (χ1n) is 6.14. The van der Waals surface area contributed by atoms with E-state index in [1.54, 1.807) is 6.92 Å². The molecule has 2 aromatic rings. The number of nitro groups is 1. The van der Waals surface area contributed by atoms with Gasteiger partial charge in [0.1, 0.15) is 11.5 Å². The van der Waals surface area contributed by atoms with Gasteiger partial charge >= 0.3 is 5.69 Å². The number of nitrogens with zero attached hydrogens (tertiary/aromatic N) is 3. The molecule has 0 bridgehead atoms. The lowest BCUT2D eigenvalue weighted by molar-refractivity contribution is -0.385. The van der Waals surface area contributed by atoms with Crippen molar-refractivity contribution in [2.75, 3.05) is 0 Å². The summed E-state index contributed by atoms with van der Waals surface area (Å²) in [5.74, 6) is -0.377. The third kappa shape index (κ3) is 2.51. The summed E-state index contributed by atoms with van der Waals surface area (Å²) in [7, 11) is 0. The Morgan fingerprint density at radius 1 is 1.50 bits per heavy atom. The number of hydrogen-bond donors (Lipinski definition) is 0. The van der Waals surface area contributed by atoms with Crippen LogP contribution in [-0.2, 0) is 6.42 Å². The number of hydrogen-bond acceptors (Lipinski definition) is 3. The van der Waals surface area contributed by atoms with E-state index in [1.165, 1.54) is 22.9 Å². The Kier molecular flexibility index (Phi) is 4.04. The Morgan fingerprint density at radius 2 is 2.20 bits per heavy atom. The molecule has 0 saturated heterocycles. The van der Waals surface area contributed by atoms with Gasteiger partial charge in [0.15, 0.2) is 0 Å². The average Bonchev–Trinajstić information content (AvgIpc) is 2.67. The van der Waals surface area contributed by atoms with Crippen LogP contribution in [0.3, 0.4) is 0 Å². The van der Waals surface area contributed by atoms with Crippen molar-refractivity contribution in [1.29, 1.82) is 0 Å². The van der Waals surface area contributed by atoms with E-state index in [9.17, 15) is 14.5 Å². The van der Waals surface area contributed by atoms with Gasteiger partial charge in [0.2, 0.25) is 5.15 Å². The van der Waals surface area contributed by atoms with E-state index in [0.717, 1.165) is 6.42 Å². The van der Waals surface area contributed by atoms with Gasteiger partial charge in [-0.1, -0.05) is 24.9 Å². The van der Waals surface area contributed by atoms with Gasteiger partial charge in [-0.15, -0.1) is 0 Å². The maximum Gasteiger partial charge on any atom is 0.329 e. The summed E-state index contributed by atoms with van der Waals surface area (Å²) in [6.07, 6.45) is 1.18. The van der Waals surface area contributed by atoms with Crippen molar-refractivity contribution in [1.82, 2.24) is 9.78 Å². The molecule has 0 amide bonds. The maximum atomic E-state index is 13.1. The van der Waals surface area contributed by atoms with Crippen LogP contribution in [0.4, 0.5) is 10.1 Å². The first-order chi connectivity index (χ1) is 9.45. The second-order valence-electron chi connectivity index (χ2n) is 4.44. The molecule has 0 saturated carbocycles. The molecule has 0 aliphatic rings. The van der Waals surface area contributed by atoms with Crippen LogP contribution in [0.5, 0.6) is 0 Å². The second-order valence-corrected chi connectivity index (χ2v) is 4.79. The van der Waals surface area contributed by atoms with Crippen LogP contribution in [0.25, 0.3) is 5.69 Å². The zero-order chi connectivity index (χ0) is 14.9. The smallest absolute Gasteiger partial charge is 0.258 e. The third-order valence-corrected chi connectivity index (χ3v) is 3.27. The SMILES string of the molecule is CCCc1nn(-c2ccc(F)cc2C)c(Cl)c1[N+](=O)[O-]. The molecule has 1 aromatic carbocycles. The van der Waals surface area contributed by atoms with Gasteiger partial charge in [0, 0.05) is 0 Å². The molecule has 0 atom stereocenters. The van der Waals surface area contributed by atoms with Crippen LogP contribution in [0.15, 0.2) is 18.2 Å². The molecular weight excluding hydrogens is 285 g/mol. The van der Waals surface area contributed by atoms with Gasteiger partial charge in [0.25, 0.3) is 0 Å². The van der Waals surface area contributed by atoms with Crippen LogP contribution in [0.1, 0.15) is 24.6 Å². The highest BCUT2D eigenvalue weighted by Crippen LogP contribution is 2.32. The minimum absolute atomic E-state index is 0.0619. The number of aryl methyl sites for hydroxylation is 2. The van der Waals surface area contributed by atoms with E-state index in [-0.39, 0.29) is 16.7 Å². The normalized spacial score (nSPS) is 10.8. The quantitative estimate of drug-likeness (QED) is 0.636. The molecule has 0 fully saturated rings. The molecule has 106 valence electrons. The predicted octanol–water partition coefficient (Wildman–Crippen LogP) is 3.83. The Labute approximate surface area is 120 Å². The van der Waals surface area contributed by atoms with Gasteiger partial charge in [-0.2, -0.15) is 5.10 Å². The van der Waals surface area contributed by atoms with Gasteiger partial charge in [-0.3, -0.25) is 10.1 Å². The molecule has 0 aliphatic carbocycles. The highest BCUT2D eigenvalue weighted by Gasteiger charge is 2.27. The van der Waals surface area contributed by atoms with Gasteiger partial charge in [0.05, 0.1) is 10.6 Å². The Hall–Kier alpha value is -1.95. The van der Waals surface area contributed by atoms with Crippen molar-refractivity contribution in [3.63, 3.8) is 0 Å². The molecule has 0 spiro atoms. The zero-order valence-corrected chi connectivity index (χ0v) is 11.8. The van der Waals surface area contributed by atoms with Gasteiger partial charge in [-0.05, 0) is 37.1 Å². The van der Waals surface area contributed by atoms with Crippen molar-refractivity contribution in [3.8, 4) is 5.69 Å². The molecule has 1 aromatic heterocycles.